The lowest BCUT2D eigenvalue weighted by Gasteiger charge is -2.41. The number of hydrogen-bond donors (Lipinski definition) is 4. The van der Waals surface area contributed by atoms with Crippen LogP contribution in [0.5, 0.6) is 0 Å². The number of anilines is 1. The second kappa shape index (κ2) is 17.4. The number of amides is 1. The number of carbonyl (C=O) groups excluding carboxylic acids is 2. The Morgan fingerprint density at radius 1 is 0.982 bits per heavy atom. The first-order chi connectivity index (χ1) is 26.6. The van der Waals surface area contributed by atoms with Crippen molar-refractivity contribution in [2.24, 2.45) is 0 Å². The molecular weight excluding hydrogens is 708 g/mol. The molecule has 2 aliphatic heterocycles. The van der Waals surface area contributed by atoms with Crippen molar-refractivity contribution in [2.75, 3.05) is 44.3 Å². The molecule has 0 unspecified atom stereocenters. The first-order valence-electron chi connectivity index (χ1n) is 18.7. The summed E-state index contributed by atoms with van der Waals surface area (Å²) in [6, 6.07) is 18.6. The van der Waals surface area contributed by atoms with Gasteiger partial charge in [0.05, 0.1) is 36.7 Å². The molecule has 1 aliphatic carbocycles. The third kappa shape index (κ3) is 8.34. The molecule has 55 heavy (non-hydrogen) atoms. The average Bonchev–Trinajstić information content (AvgIpc) is 3.64. The van der Waals surface area contributed by atoms with E-state index in [0.29, 0.717) is 28.2 Å². The van der Waals surface area contributed by atoms with E-state index in [0.717, 1.165) is 58.6 Å². The van der Waals surface area contributed by atoms with E-state index in [1.807, 2.05) is 12.1 Å². The Labute approximate surface area is 318 Å². The molecule has 15 nitrogen and oxygen atoms in total. The van der Waals surface area contributed by atoms with Crippen molar-refractivity contribution in [3.63, 3.8) is 0 Å². The zero-order valence-corrected chi connectivity index (χ0v) is 31.7. The Bertz CT molecular complexity index is 2160. The van der Waals surface area contributed by atoms with Crippen molar-refractivity contribution in [1.29, 1.82) is 0 Å². The van der Waals surface area contributed by atoms with Crippen LogP contribution in [0.2, 0.25) is 0 Å². The normalized spacial score (nSPS) is 19.7. The average molecular weight is 758 g/mol. The van der Waals surface area contributed by atoms with Crippen LogP contribution in [0.3, 0.4) is 0 Å². The molecule has 15 heteroatoms. The van der Waals surface area contributed by atoms with Gasteiger partial charge in [-0.05, 0) is 62.7 Å². The second-order valence-electron chi connectivity index (χ2n) is 13.3. The molecule has 3 aliphatic rings. The van der Waals surface area contributed by atoms with Crippen LogP contribution in [0.15, 0.2) is 71.3 Å². The molecule has 0 saturated carbocycles. The summed E-state index contributed by atoms with van der Waals surface area (Å²) < 4.78 is 20.3. The minimum absolute atomic E-state index is 0.0239. The van der Waals surface area contributed by atoms with Gasteiger partial charge in [-0.3, -0.25) is 4.79 Å². The summed E-state index contributed by atoms with van der Waals surface area (Å²) in [5, 5.41) is 42.9. The SMILES string of the molecule is CCN(CC)c1ccc2c(-c3ccccc3C(=O)OCCc3cn(O[C@H]4O[C@H](CO)[C@H](O)[C@H](O)[C@H]4NC(C)=O)nn3)c3ccc(=[N+](CC)CC)cc-3oc2c1. The van der Waals surface area contributed by atoms with Gasteiger partial charge in [0.25, 0.3) is 0 Å². The van der Waals surface area contributed by atoms with Crippen LogP contribution < -0.4 is 25.0 Å². The molecule has 6 rings (SSSR count). The van der Waals surface area contributed by atoms with Crippen LogP contribution in [0.1, 0.15) is 50.7 Å². The summed E-state index contributed by atoms with van der Waals surface area (Å²) in [4.78, 5) is 34.5. The first kappa shape index (κ1) is 39.3. The lowest BCUT2D eigenvalue weighted by atomic mass is 9.90. The minimum Gasteiger partial charge on any atom is -0.462 e. The number of aromatic nitrogens is 3. The molecule has 0 radical (unpaired) electrons. The zero-order valence-electron chi connectivity index (χ0n) is 31.7. The largest absolute Gasteiger partial charge is 0.462 e. The molecule has 0 bridgehead atoms. The standard InChI is InChI=1S/C40H48N6O9/c1-6-44(7-2)26-14-16-30-32(20-26)53-33-21-27(45(8-3)9-4)15-17-31(33)35(30)28-12-10-11-13-29(28)39(51)52-19-18-25-22-46(43-42-25)55-40-36(41-24(5)48)38(50)37(49)34(23-47)54-40/h10-17,20-22,34,36-38,40,47,49-50H,6-9,18-19,23H2,1-5H3/p+1/t34-,36-,37+,38-,40-/m1/s1. The second-order valence-corrected chi connectivity index (χ2v) is 13.3. The predicted molar refractivity (Wildman–Crippen MR) is 204 cm³/mol. The van der Waals surface area contributed by atoms with Crippen molar-refractivity contribution in [3.8, 4) is 22.5 Å². The fourth-order valence-corrected chi connectivity index (χ4v) is 7.05. The number of carbonyl (C=O) groups is 2. The van der Waals surface area contributed by atoms with Crippen LogP contribution in [0.25, 0.3) is 33.4 Å². The van der Waals surface area contributed by atoms with E-state index < -0.39 is 49.1 Å². The molecule has 3 aromatic rings. The molecule has 1 aromatic heterocycles. The third-order valence-electron chi connectivity index (χ3n) is 9.94. The van der Waals surface area contributed by atoms with Gasteiger partial charge in [-0.15, -0.1) is 5.10 Å². The Morgan fingerprint density at radius 3 is 2.45 bits per heavy atom. The molecule has 3 heterocycles. The van der Waals surface area contributed by atoms with Crippen molar-refractivity contribution in [3.05, 3.63) is 83.5 Å². The highest BCUT2D eigenvalue weighted by Crippen LogP contribution is 2.42. The van der Waals surface area contributed by atoms with Crippen LogP contribution in [-0.4, -0.2) is 112 Å². The monoisotopic (exact) mass is 757 g/mol. The number of esters is 1. The van der Waals surface area contributed by atoms with E-state index in [1.165, 1.54) is 13.1 Å². The number of ether oxygens (including phenoxy) is 2. The van der Waals surface area contributed by atoms with Gasteiger partial charge in [0, 0.05) is 60.8 Å². The predicted octanol–water partition coefficient (Wildman–Crippen LogP) is 2.23. The molecule has 1 fully saturated rings. The number of fused-ring (bicyclic) bond motifs is 2. The van der Waals surface area contributed by atoms with Gasteiger partial charge in [0.1, 0.15) is 48.8 Å². The van der Waals surface area contributed by atoms with Crippen LogP contribution >= 0.6 is 0 Å². The molecule has 0 spiro atoms. The van der Waals surface area contributed by atoms with Crippen LogP contribution in [-0.2, 0) is 20.7 Å². The Morgan fingerprint density at radius 2 is 1.75 bits per heavy atom. The highest BCUT2D eigenvalue weighted by atomic mass is 16.8. The van der Waals surface area contributed by atoms with Gasteiger partial charge in [-0.25, -0.2) is 9.37 Å². The summed E-state index contributed by atoms with van der Waals surface area (Å²) in [7, 11) is 0. The number of aliphatic hydroxyl groups is 3. The van der Waals surface area contributed by atoms with E-state index >= 15 is 0 Å². The number of hydrogen-bond acceptors (Lipinski definition) is 12. The van der Waals surface area contributed by atoms with E-state index in [2.05, 4.69) is 89.2 Å². The van der Waals surface area contributed by atoms with Crippen molar-refractivity contribution >= 4 is 28.5 Å². The van der Waals surface area contributed by atoms with E-state index in [-0.39, 0.29) is 13.0 Å². The molecule has 4 N–H and O–H groups in total. The Kier molecular flexibility index (Phi) is 12.5. The maximum Gasteiger partial charge on any atom is 0.338 e. The fraction of sp³-hybridized carbons (Fsp3) is 0.425. The maximum absolute atomic E-state index is 13.8. The first-order valence-corrected chi connectivity index (χ1v) is 18.7. The van der Waals surface area contributed by atoms with Gasteiger partial charge < -0.3 is 44.3 Å². The fourth-order valence-electron chi connectivity index (χ4n) is 7.05. The van der Waals surface area contributed by atoms with Crippen molar-refractivity contribution in [2.45, 2.75) is 71.7 Å². The van der Waals surface area contributed by atoms with Crippen molar-refractivity contribution in [1.82, 2.24) is 25.0 Å². The smallest absolute Gasteiger partial charge is 0.338 e. The number of rotatable bonds is 14. The van der Waals surface area contributed by atoms with Crippen LogP contribution in [0, 0.1) is 0 Å². The molecule has 292 valence electrons. The number of nitrogens with one attached hydrogen (secondary N) is 1. The summed E-state index contributed by atoms with van der Waals surface area (Å²) >= 11 is 0. The number of aliphatic hydroxyl groups excluding tert-OH is 3. The van der Waals surface area contributed by atoms with Crippen LogP contribution in [0.4, 0.5) is 5.69 Å². The summed E-state index contributed by atoms with van der Waals surface area (Å²) in [6.07, 6.45) is -3.79. The van der Waals surface area contributed by atoms with Gasteiger partial charge >= 0.3 is 5.97 Å². The van der Waals surface area contributed by atoms with E-state index in [9.17, 15) is 24.9 Å². The van der Waals surface area contributed by atoms with Gasteiger partial charge in [-0.1, -0.05) is 23.0 Å². The summed E-state index contributed by atoms with van der Waals surface area (Å²) in [6.45, 7) is 12.5. The molecular formula is C40H49N6O9+. The zero-order chi connectivity index (χ0) is 39.2. The minimum atomic E-state index is -1.48. The quantitative estimate of drug-likeness (QED) is 0.0737. The van der Waals surface area contributed by atoms with E-state index in [4.69, 9.17) is 18.7 Å². The summed E-state index contributed by atoms with van der Waals surface area (Å²) in [5.74, 6) is -0.301. The molecule has 1 saturated heterocycles. The van der Waals surface area contributed by atoms with Gasteiger partial charge in [0.2, 0.25) is 17.6 Å². The summed E-state index contributed by atoms with van der Waals surface area (Å²) in [5.41, 5.74) is 5.00. The lowest BCUT2D eigenvalue weighted by molar-refractivity contribution is -0.273. The maximum atomic E-state index is 13.8. The van der Waals surface area contributed by atoms with E-state index in [1.54, 1.807) is 12.1 Å². The molecule has 5 atom stereocenters. The topological polar surface area (TPSA) is 185 Å². The molecule has 1 amide bonds. The number of benzene rings is 3. The third-order valence-corrected chi connectivity index (χ3v) is 9.94. The highest BCUT2D eigenvalue weighted by molar-refractivity contribution is 6.08. The lowest BCUT2D eigenvalue weighted by Crippen LogP contribution is -2.66. The highest BCUT2D eigenvalue weighted by Gasteiger charge is 2.46. The van der Waals surface area contributed by atoms with Crippen molar-refractivity contribution < 1.29 is 43.6 Å². The Hall–Kier alpha value is -5.35. The number of nitrogens with zero attached hydrogens (tertiary/aromatic N) is 5. The Balaban J connectivity index is 1.25. The van der Waals surface area contributed by atoms with Gasteiger partial charge in [-0.2, -0.15) is 0 Å². The molecule has 2 aromatic carbocycles. The van der Waals surface area contributed by atoms with Gasteiger partial charge in [0.15, 0.2) is 0 Å².